The number of primary amides is 1. The molecule has 0 aromatic carbocycles. The number of carbonyl (C=O) groups is 12. The summed E-state index contributed by atoms with van der Waals surface area (Å²) in [4.78, 5) is 161. The van der Waals surface area contributed by atoms with Gasteiger partial charge >= 0.3 is 6.03 Å². The van der Waals surface area contributed by atoms with Crippen molar-refractivity contribution < 1.29 is 57.5 Å². The lowest BCUT2D eigenvalue weighted by Gasteiger charge is -2.28. The third-order valence-electron chi connectivity index (χ3n) is 20.9. The van der Waals surface area contributed by atoms with Gasteiger partial charge in [-0.2, -0.15) is 0 Å². The van der Waals surface area contributed by atoms with Gasteiger partial charge in [-0.3, -0.25) is 58.1 Å². The fraction of sp³-hybridized carbons (Fsp3) is 0.797. The quantitative estimate of drug-likeness (QED) is 0.0549. The molecular formula is C59H92N16O12. The van der Waals surface area contributed by atoms with Gasteiger partial charge in [0.1, 0.15) is 0 Å². The Labute approximate surface area is 506 Å². The molecule has 87 heavy (non-hydrogen) atoms. The molecule has 4 aliphatic heterocycles. The first kappa shape index (κ1) is 63.5. The van der Waals surface area contributed by atoms with Crippen molar-refractivity contribution in [1.82, 2.24) is 79.8 Å². The van der Waals surface area contributed by atoms with E-state index in [9.17, 15) is 57.5 Å². The van der Waals surface area contributed by atoms with Crippen molar-refractivity contribution in [3.8, 4) is 0 Å². The van der Waals surface area contributed by atoms with Crippen molar-refractivity contribution in [2.45, 2.75) is 183 Å². The number of rotatable bonds is 20. The van der Waals surface area contributed by atoms with Crippen LogP contribution in [0.25, 0.3) is 0 Å². The Morgan fingerprint density at radius 3 is 0.782 bits per heavy atom. The molecule has 28 heteroatoms. The summed E-state index contributed by atoms with van der Waals surface area (Å²) in [5.41, 5.74) is 5.57. The molecule has 0 aromatic heterocycles. The molecule has 0 radical (unpaired) electrons. The minimum absolute atomic E-state index is 0.152. The second kappa shape index (κ2) is 28.8. The Kier molecular flexibility index (Phi) is 21.0. The number of urea groups is 1. The highest BCUT2D eigenvalue weighted by atomic mass is 16.2. The smallest absolute Gasteiger partial charge is 0.321 e. The molecule has 4 saturated heterocycles. The van der Waals surface area contributed by atoms with E-state index < -0.39 is 113 Å². The summed E-state index contributed by atoms with van der Waals surface area (Å²) in [6.45, 7) is 4.03. The minimum Gasteiger partial charge on any atom is -0.369 e. The Hall–Kier alpha value is -6.52. The largest absolute Gasteiger partial charge is 0.369 e. The van der Waals surface area contributed by atoms with Crippen LogP contribution >= 0.6 is 0 Å². The van der Waals surface area contributed by atoms with E-state index in [0.29, 0.717) is 123 Å². The van der Waals surface area contributed by atoms with Crippen molar-refractivity contribution in [2.75, 3.05) is 52.4 Å². The number of imide groups is 1. The van der Waals surface area contributed by atoms with Gasteiger partial charge in [0.2, 0.25) is 65.0 Å². The summed E-state index contributed by atoms with van der Waals surface area (Å²) < 4.78 is 0. The Morgan fingerprint density at radius 2 is 0.494 bits per heavy atom. The molecule has 17 N–H and O–H groups in total. The molecule has 10 aliphatic rings. The maximum absolute atomic E-state index is 14.0. The molecule has 13 amide bonds. The van der Waals surface area contributed by atoms with E-state index in [2.05, 4.69) is 79.8 Å². The van der Waals surface area contributed by atoms with Crippen molar-refractivity contribution in [1.29, 1.82) is 0 Å². The molecule has 10 fully saturated rings. The number of amides is 13. The van der Waals surface area contributed by atoms with Crippen LogP contribution < -0.4 is 85.5 Å². The average molecular weight is 1220 g/mol. The van der Waals surface area contributed by atoms with E-state index in [1.54, 1.807) is 0 Å². The second-order valence-corrected chi connectivity index (χ2v) is 26.5. The highest BCUT2D eigenvalue weighted by Gasteiger charge is 2.47. The van der Waals surface area contributed by atoms with Crippen molar-refractivity contribution in [2.24, 2.45) is 64.9 Å². The molecule has 20 unspecified atom stereocenters. The van der Waals surface area contributed by atoms with E-state index >= 15 is 0 Å². The van der Waals surface area contributed by atoms with Gasteiger partial charge in [-0.05, 0) is 77.0 Å². The topological polar surface area (TPSA) is 411 Å². The van der Waals surface area contributed by atoms with Gasteiger partial charge < -0.3 is 80.2 Å². The standard InChI is InChI=1S/C59H92N16O12/c1-28(76)65-40-15-3-9-30(40)50(78)67-41-16-4-10-31(41)51(79)72-46-25-62-21-36(46)56(84)68-42-17-5-11-32(42)52(80)73-47-26-63-22-37(47)57(85)70-44-19-7-13-34(44)54(82)75-59(87)74-48-27-64-23-38(48)58(86)69-43-18-6-12-33(43)53(81)71-45-24-61-20-35(45)55(83)66-39-14-2-8-29(39)49(60)77/h29-48,61-64H,2-27H2,1H3,(H2,60,77)(H,65,76)(H,66,83)(H,67,78)(H,68,84)(H,69,86)(H,70,85)(H,71,81)(H,72,79)(H,73,80)(H2,74,75,82,87). The molecule has 28 nitrogen and oxygen atoms in total. The molecule has 0 aromatic rings. The van der Waals surface area contributed by atoms with Crippen molar-refractivity contribution in [3.63, 3.8) is 0 Å². The Morgan fingerprint density at radius 1 is 0.264 bits per heavy atom. The van der Waals surface area contributed by atoms with E-state index in [-0.39, 0.29) is 96.8 Å². The lowest BCUT2D eigenvalue weighted by Crippen LogP contribution is -2.55. The monoisotopic (exact) mass is 1220 g/mol. The number of nitrogens with one attached hydrogen (secondary N) is 15. The van der Waals surface area contributed by atoms with Crippen LogP contribution in [0.5, 0.6) is 0 Å². The number of hydrogen-bond donors (Lipinski definition) is 16. The zero-order chi connectivity index (χ0) is 61.5. The third-order valence-corrected chi connectivity index (χ3v) is 20.9. The highest BCUT2D eigenvalue weighted by Crippen LogP contribution is 2.33. The SMILES string of the molecule is CC(=O)NC1CCCC1C(=O)NC1CCCC1C(=O)NC1CNCC1C(=O)NC1CCCC1C(=O)NC1CNCC1C(=O)NC1CCCC1C(=O)NC(=O)NC1CNCC1C(=O)NC1CCCC1C(=O)NC1CNCC1C(=O)NC1CCCC1C(N)=O. The first-order chi connectivity index (χ1) is 41.9. The summed E-state index contributed by atoms with van der Waals surface area (Å²) in [6, 6.07) is -5.43. The molecule has 0 bridgehead atoms. The normalized spacial score (nSPS) is 36.9. The number of nitrogens with two attached hydrogens (primary N) is 1. The van der Waals surface area contributed by atoms with Crippen molar-refractivity contribution in [3.05, 3.63) is 0 Å². The summed E-state index contributed by atoms with van der Waals surface area (Å²) in [6.07, 6.45) is 11.5. The van der Waals surface area contributed by atoms with Gasteiger partial charge in [0.05, 0.1) is 83.3 Å². The van der Waals surface area contributed by atoms with Gasteiger partial charge in [-0.15, -0.1) is 0 Å². The van der Waals surface area contributed by atoms with Crippen LogP contribution in [0.2, 0.25) is 0 Å². The molecule has 6 saturated carbocycles. The zero-order valence-corrected chi connectivity index (χ0v) is 49.9. The van der Waals surface area contributed by atoms with Gasteiger partial charge in [-0.1, -0.05) is 38.5 Å². The molecule has 20 atom stereocenters. The number of hydrogen-bond acceptors (Lipinski definition) is 16. The Bertz CT molecular complexity index is 2630. The van der Waals surface area contributed by atoms with Gasteiger partial charge in [0.25, 0.3) is 0 Å². The van der Waals surface area contributed by atoms with Crippen LogP contribution in [0.1, 0.15) is 122 Å². The van der Waals surface area contributed by atoms with Gasteiger partial charge in [-0.25, -0.2) is 4.79 Å². The molecule has 480 valence electrons. The molecule has 10 rings (SSSR count). The van der Waals surface area contributed by atoms with Crippen LogP contribution in [-0.4, -0.2) is 184 Å². The molecule has 0 spiro atoms. The van der Waals surface area contributed by atoms with E-state index in [4.69, 9.17) is 5.73 Å². The highest BCUT2D eigenvalue weighted by molar-refractivity contribution is 5.97. The van der Waals surface area contributed by atoms with E-state index in [0.717, 1.165) is 25.7 Å². The van der Waals surface area contributed by atoms with Gasteiger partial charge in [0.15, 0.2) is 0 Å². The maximum atomic E-state index is 14.0. The number of carbonyl (C=O) groups excluding carboxylic acids is 12. The first-order valence-corrected chi connectivity index (χ1v) is 32.3. The zero-order valence-electron chi connectivity index (χ0n) is 49.9. The molecular weight excluding hydrogens is 1120 g/mol. The van der Waals surface area contributed by atoms with Crippen LogP contribution in [-0.2, 0) is 52.7 Å². The Balaban J connectivity index is 0.647. The fourth-order valence-electron chi connectivity index (χ4n) is 16.1. The van der Waals surface area contributed by atoms with E-state index in [1.165, 1.54) is 6.92 Å². The molecule has 4 heterocycles. The van der Waals surface area contributed by atoms with E-state index in [1.807, 2.05) is 0 Å². The van der Waals surface area contributed by atoms with Crippen LogP contribution in [0, 0.1) is 59.2 Å². The van der Waals surface area contributed by atoms with Crippen LogP contribution in [0.15, 0.2) is 0 Å². The summed E-state index contributed by atoms with van der Waals surface area (Å²) in [7, 11) is 0. The maximum Gasteiger partial charge on any atom is 0.321 e. The average Bonchev–Trinajstić information content (AvgIpc) is 3.06. The summed E-state index contributed by atoms with van der Waals surface area (Å²) in [5, 5.41) is 45.5. The fourth-order valence-corrected chi connectivity index (χ4v) is 16.1. The predicted octanol–water partition coefficient (Wildman–Crippen LogP) is -4.27. The lowest BCUT2D eigenvalue weighted by atomic mass is 9.95. The van der Waals surface area contributed by atoms with Crippen molar-refractivity contribution >= 4 is 71.0 Å². The predicted molar refractivity (Wildman–Crippen MR) is 312 cm³/mol. The summed E-state index contributed by atoms with van der Waals surface area (Å²) >= 11 is 0. The lowest BCUT2D eigenvalue weighted by molar-refractivity contribution is -0.132. The molecule has 6 aliphatic carbocycles. The first-order valence-electron chi connectivity index (χ1n) is 32.3. The summed E-state index contributed by atoms with van der Waals surface area (Å²) in [5.74, 6) is -8.84. The van der Waals surface area contributed by atoms with Gasteiger partial charge in [0, 0.05) is 95.5 Å². The third kappa shape index (κ3) is 15.1. The van der Waals surface area contributed by atoms with Crippen LogP contribution in [0.4, 0.5) is 4.79 Å². The second-order valence-electron chi connectivity index (χ2n) is 26.5. The minimum atomic E-state index is -0.783. The van der Waals surface area contributed by atoms with Crippen LogP contribution in [0.3, 0.4) is 0 Å².